The minimum atomic E-state index is -0.277. The molecule has 0 aliphatic rings. The Labute approximate surface area is 123 Å². The predicted octanol–water partition coefficient (Wildman–Crippen LogP) is 3.23. The molecule has 110 valence electrons. The summed E-state index contributed by atoms with van der Waals surface area (Å²) < 4.78 is 5.07. The molecule has 2 aromatic carbocycles. The second-order valence-corrected chi connectivity index (χ2v) is 4.95. The molecule has 2 rings (SSSR count). The van der Waals surface area contributed by atoms with E-state index < -0.39 is 0 Å². The van der Waals surface area contributed by atoms with E-state index in [0.717, 1.165) is 11.3 Å². The molecule has 2 N–H and O–H groups in total. The Balaban J connectivity index is 2.08. The molecule has 0 spiro atoms. The monoisotopic (exact) mass is 286 g/mol. The van der Waals surface area contributed by atoms with E-state index in [-0.39, 0.29) is 29.3 Å². The summed E-state index contributed by atoms with van der Waals surface area (Å²) in [7, 11) is 1.60. The van der Waals surface area contributed by atoms with Gasteiger partial charge in [0.05, 0.1) is 7.11 Å². The van der Waals surface area contributed by atoms with Crippen molar-refractivity contribution in [2.45, 2.75) is 19.8 Å². The number of hydrogen-bond acceptors (Lipinski definition) is 4. The average molecular weight is 286 g/mol. The number of carbonyl (C=O) groups is 1. The molecule has 0 aliphatic carbocycles. The van der Waals surface area contributed by atoms with Crippen LogP contribution < -0.4 is 4.74 Å². The Morgan fingerprint density at radius 2 is 1.67 bits per heavy atom. The summed E-state index contributed by atoms with van der Waals surface area (Å²) in [6, 6.07) is 10.4. The van der Waals surface area contributed by atoms with Crippen molar-refractivity contribution in [3.05, 3.63) is 53.1 Å². The molecule has 0 radical (unpaired) electrons. The first-order chi connectivity index (χ1) is 10.0. The summed E-state index contributed by atoms with van der Waals surface area (Å²) >= 11 is 0. The standard InChI is InChI=1S/C17H18O4/c1-11-9-15(19)17(16(20)10-11)14(18)8-5-12-3-6-13(21-2)7-4-12/h3-4,6-7,9-10,19-20H,5,8H2,1-2H3. The van der Waals surface area contributed by atoms with E-state index in [0.29, 0.717) is 12.0 Å². The van der Waals surface area contributed by atoms with Crippen LogP contribution in [-0.2, 0) is 6.42 Å². The minimum Gasteiger partial charge on any atom is -0.507 e. The number of aryl methyl sites for hydroxylation is 2. The van der Waals surface area contributed by atoms with Gasteiger partial charge < -0.3 is 14.9 Å². The van der Waals surface area contributed by atoms with Gasteiger partial charge in [-0.1, -0.05) is 12.1 Å². The maximum Gasteiger partial charge on any atom is 0.170 e. The Hall–Kier alpha value is -2.49. The molecule has 0 fully saturated rings. The number of rotatable bonds is 5. The number of methoxy groups -OCH3 is 1. The maximum atomic E-state index is 12.1. The Bertz CT molecular complexity index is 621. The summed E-state index contributed by atoms with van der Waals surface area (Å²) in [5.41, 5.74) is 1.70. The molecule has 0 saturated heterocycles. The quantitative estimate of drug-likeness (QED) is 0.828. The van der Waals surface area contributed by atoms with Gasteiger partial charge in [-0.15, -0.1) is 0 Å². The van der Waals surface area contributed by atoms with Gasteiger partial charge >= 0.3 is 0 Å². The van der Waals surface area contributed by atoms with Gasteiger partial charge in [-0.05, 0) is 48.7 Å². The Morgan fingerprint density at radius 3 is 2.19 bits per heavy atom. The lowest BCUT2D eigenvalue weighted by molar-refractivity contribution is 0.0977. The highest BCUT2D eigenvalue weighted by Crippen LogP contribution is 2.30. The largest absolute Gasteiger partial charge is 0.507 e. The summed E-state index contributed by atoms with van der Waals surface area (Å²) in [6.45, 7) is 1.74. The number of carbonyl (C=O) groups excluding carboxylic acids is 1. The van der Waals surface area contributed by atoms with Crippen LogP contribution >= 0.6 is 0 Å². The topological polar surface area (TPSA) is 66.8 Å². The predicted molar refractivity (Wildman–Crippen MR) is 80.2 cm³/mol. The molecule has 0 amide bonds. The maximum absolute atomic E-state index is 12.1. The molecular formula is C17H18O4. The van der Waals surface area contributed by atoms with Gasteiger partial charge in [0.1, 0.15) is 22.8 Å². The highest BCUT2D eigenvalue weighted by atomic mass is 16.5. The van der Waals surface area contributed by atoms with E-state index in [4.69, 9.17) is 4.74 Å². The van der Waals surface area contributed by atoms with Crippen LogP contribution in [0.2, 0.25) is 0 Å². The van der Waals surface area contributed by atoms with Crippen LogP contribution in [0.4, 0.5) is 0 Å². The van der Waals surface area contributed by atoms with Gasteiger partial charge in [0.15, 0.2) is 5.78 Å². The SMILES string of the molecule is COc1ccc(CCC(=O)c2c(O)cc(C)cc2O)cc1. The second-order valence-electron chi connectivity index (χ2n) is 4.95. The van der Waals surface area contributed by atoms with E-state index in [1.165, 1.54) is 12.1 Å². The zero-order valence-electron chi connectivity index (χ0n) is 12.1. The van der Waals surface area contributed by atoms with E-state index >= 15 is 0 Å². The van der Waals surface area contributed by atoms with E-state index in [9.17, 15) is 15.0 Å². The van der Waals surface area contributed by atoms with Crippen molar-refractivity contribution >= 4 is 5.78 Å². The first-order valence-electron chi connectivity index (χ1n) is 6.70. The lowest BCUT2D eigenvalue weighted by Gasteiger charge is -2.08. The fourth-order valence-electron chi connectivity index (χ4n) is 2.21. The third kappa shape index (κ3) is 3.54. The number of Topliss-reactive ketones (excluding diaryl/α,β-unsaturated/α-hetero) is 1. The van der Waals surface area contributed by atoms with E-state index in [1.54, 1.807) is 14.0 Å². The third-order valence-corrected chi connectivity index (χ3v) is 3.32. The van der Waals surface area contributed by atoms with Gasteiger partial charge in [-0.2, -0.15) is 0 Å². The third-order valence-electron chi connectivity index (χ3n) is 3.32. The van der Waals surface area contributed by atoms with Gasteiger partial charge in [-0.25, -0.2) is 0 Å². The first kappa shape index (κ1) is 14.9. The molecule has 0 heterocycles. The number of ether oxygens (including phenoxy) is 1. The summed E-state index contributed by atoms with van der Waals surface area (Å²) in [5, 5.41) is 19.6. The van der Waals surface area contributed by atoms with Gasteiger partial charge in [0, 0.05) is 6.42 Å². The van der Waals surface area contributed by atoms with Crippen LogP contribution in [0.5, 0.6) is 17.2 Å². The van der Waals surface area contributed by atoms with Crippen molar-refractivity contribution in [1.29, 1.82) is 0 Å². The number of phenolic OH excluding ortho intramolecular Hbond substituents is 2. The molecule has 4 heteroatoms. The number of hydrogen-bond donors (Lipinski definition) is 2. The van der Waals surface area contributed by atoms with Crippen LogP contribution in [-0.4, -0.2) is 23.1 Å². The van der Waals surface area contributed by atoms with Crippen LogP contribution in [0.25, 0.3) is 0 Å². The van der Waals surface area contributed by atoms with E-state index in [1.807, 2.05) is 24.3 Å². The molecule has 2 aromatic rings. The highest BCUT2D eigenvalue weighted by Gasteiger charge is 2.16. The average Bonchev–Trinajstić information content (AvgIpc) is 2.44. The fourth-order valence-corrected chi connectivity index (χ4v) is 2.21. The number of ketones is 1. The number of benzene rings is 2. The zero-order valence-corrected chi connectivity index (χ0v) is 12.1. The molecule has 0 aromatic heterocycles. The van der Waals surface area contributed by atoms with E-state index in [2.05, 4.69) is 0 Å². The molecule has 0 bridgehead atoms. The number of aromatic hydroxyl groups is 2. The van der Waals surface area contributed by atoms with Gasteiger partial charge in [-0.3, -0.25) is 4.79 Å². The van der Waals surface area contributed by atoms with Gasteiger partial charge in [0.25, 0.3) is 0 Å². The first-order valence-corrected chi connectivity index (χ1v) is 6.70. The smallest absolute Gasteiger partial charge is 0.170 e. The van der Waals surface area contributed by atoms with Crippen LogP contribution in [0.15, 0.2) is 36.4 Å². The van der Waals surface area contributed by atoms with Crippen LogP contribution in [0, 0.1) is 6.92 Å². The van der Waals surface area contributed by atoms with Crippen molar-refractivity contribution in [3.8, 4) is 17.2 Å². The van der Waals surface area contributed by atoms with Crippen molar-refractivity contribution in [3.63, 3.8) is 0 Å². The molecule has 21 heavy (non-hydrogen) atoms. The van der Waals surface area contributed by atoms with Crippen LogP contribution in [0.3, 0.4) is 0 Å². The lowest BCUT2D eigenvalue weighted by atomic mass is 10.00. The molecular weight excluding hydrogens is 268 g/mol. The van der Waals surface area contributed by atoms with Crippen LogP contribution in [0.1, 0.15) is 27.9 Å². The van der Waals surface area contributed by atoms with Crippen molar-refractivity contribution in [1.82, 2.24) is 0 Å². The fraction of sp³-hybridized carbons (Fsp3) is 0.235. The molecule has 0 aliphatic heterocycles. The molecule has 4 nitrogen and oxygen atoms in total. The normalized spacial score (nSPS) is 10.4. The van der Waals surface area contributed by atoms with Crippen molar-refractivity contribution in [2.24, 2.45) is 0 Å². The minimum absolute atomic E-state index is 0.00545. The van der Waals surface area contributed by atoms with Crippen molar-refractivity contribution in [2.75, 3.05) is 7.11 Å². The summed E-state index contributed by atoms with van der Waals surface area (Å²) in [4.78, 5) is 12.1. The van der Waals surface area contributed by atoms with Gasteiger partial charge in [0.2, 0.25) is 0 Å². The molecule has 0 saturated carbocycles. The summed E-state index contributed by atoms with van der Waals surface area (Å²) in [5.74, 6) is 0.138. The van der Waals surface area contributed by atoms with Crippen molar-refractivity contribution < 1.29 is 19.7 Å². The number of phenols is 2. The molecule has 0 unspecified atom stereocenters. The lowest BCUT2D eigenvalue weighted by Crippen LogP contribution is -2.02. The molecule has 0 atom stereocenters. The summed E-state index contributed by atoms with van der Waals surface area (Å²) in [6.07, 6.45) is 0.756. The Morgan fingerprint density at radius 1 is 1.10 bits per heavy atom. The highest BCUT2D eigenvalue weighted by molar-refractivity contribution is 6.01. The zero-order chi connectivity index (χ0) is 15.4. The second kappa shape index (κ2) is 6.31. The Kier molecular flexibility index (Phi) is 4.48.